The fourth-order valence-corrected chi connectivity index (χ4v) is 6.90. The highest BCUT2D eigenvalue weighted by Crippen LogP contribution is 2.43. The highest BCUT2D eigenvalue weighted by Gasteiger charge is 2.47. The topological polar surface area (TPSA) is 97.5 Å². The Kier molecular flexibility index (Phi) is 7.86. The van der Waals surface area contributed by atoms with Gasteiger partial charge in [-0.15, -0.1) is 0 Å². The molecule has 9 heteroatoms. The van der Waals surface area contributed by atoms with Gasteiger partial charge >= 0.3 is 0 Å². The summed E-state index contributed by atoms with van der Waals surface area (Å²) in [6.07, 6.45) is 7.44. The number of carbonyl (C=O) groups is 3. The predicted octanol–water partition coefficient (Wildman–Crippen LogP) is 4.45. The molecule has 2 aliphatic heterocycles. The van der Waals surface area contributed by atoms with E-state index in [9.17, 15) is 18.8 Å². The number of H-pyrrole nitrogens is 1. The number of aromatic amines is 1. The number of amides is 3. The van der Waals surface area contributed by atoms with E-state index in [-0.39, 0.29) is 35.5 Å². The number of nitrogens with zero attached hydrogens (tertiary/aromatic N) is 2. The van der Waals surface area contributed by atoms with E-state index in [1.54, 1.807) is 20.0 Å². The summed E-state index contributed by atoms with van der Waals surface area (Å²) in [5.74, 6) is -0.681. The van der Waals surface area contributed by atoms with Crippen molar-refractivity contribution < 1.29 is 18.8 Å². The van der Waals surface area contributed by atoms with Crippen LogP contribution in [0.5, 0.6) is 0 Å². The number of nitrogens with one attached hydrogen (secondary N) is 3. The Hall–Kier alpha value is -3.98. The van der Waals surface area contributed by atoms with Crippen LogP contribution < -0.4 is 10.6 Å². The summed E-state index contributed by atoms with van der Waals surface area (Å²) in [6, 6.07) is 12.5. The lowest BCUT2D eigenvalue weighted by Crippen LogP contribution is -2.55. The highest BCUT2D eigenvalue weighted by atomic mass is 19.1. The molecule has 3 aliphatic rings. The maximum atomic E-state index is 14.5. The number of likely N-dealkylation sites (N-methyl/N-ethyl adjacent to an activating group) is 1. The van der Waals surface area contributed by atoms with Gasteiger partial charge in [0.2, 0.25) is 11.8 Å². The molecule has 2 fully saturated rings. The lowest BCUT2D eigenvalue weighted by atomic mass is 9.83. The fourth-order valence-electron chi connectivity index (χ4n) is 6.90. The zero-order chi connectivity index (χ0) is 29.4. The Morgan fingerprint density at radius 3 is 2.52 bits per heavy atom. The standard InChI is InChI=1S/C33H38FN5O3/c1-20(35-2)31(40)37-29(21-9-5-3-6-10-21)33(42)38-16-15-28-30(38)26(19-39(28)32(41)22-11-7-4-8-12-22)25-18-36-27-17-23(34)13-14-24(25)27/h4,7-8,11-14,17-18,20-21,28-29,35-36H,3,5-6,9-10,15-16,19H2,1-2H3,(H,37,40). The summed E-state index contributed by atoms with van der Waals surface area (Å²) < 4.78 is 14.0. The summed E-state index contributed by atoms with van der Waals surface area (Å²) in [6.45, 7) is 2.58. The van der Waals surface area contributed by atoms with Gasteiger partial charge in [-0.1, -0.05) is 37.5 Å². The van der Waals surface area contributed by atoms with Gasteiger partial charge in [0, 0.05) is 52.6 Å². The Labute approximate surface area is 245 Å². The molecule has 3 amide bonds. The monoisotopic (exact) mass is 571 g/mol. The molecule has 3 unspecified atom stereocenters. The van der Waals surface area contributed by atoms with Gasteiger partial charge in [-0.3, -0.25) is 14.4 Å². The first-order valence-electron chi connectivity index (χ1n) is 15.0. The molecule has 1 saturated heterocycles. The van der Waals surface area contributed by atoms with Crippen LogP contribution in [-0.2, 0) is 9.59 Å². The molecule has 3 N–H and O–H groups in total. The second-order valence-corrected chi connectivity index (χ2v) is 11.7. The van der Waals surface area contributed by atoms with Gasteiger partial charge in [0.1, 0.15) is 11.9 Å². The van der Waals surface area contributed by atoms with Crippen LogP contribution in [0, 0.1) is 11.7 Å². The Balaban J connectivity index is 1.40. The number of aromatic nitrogens is 1. The van der Waals surface area contributed by atoms with Crippen LogP contribution in [0.2, 0.25) is 0 Å². The Bertz CT molecular complexity index is 1530. The third-order valence-electron chi connectivity index (χ3n) is 9.27. The minimum atomic E-state index is -0.642. The number of hydrogen-bond donors (Lipinski definition) is 3. The van der Waals surface area contributed by atoms with E-state index in [1.165, 1.54) is 12.1 Å². The molecule has 1 aromatic heterocycles. The van der Waals surface area contributed by atoms with Gasteiger partial charge in [-0.05, 0) is 69.5 Å². The van der Waals surface area contributed by atoms with Crippen molar-refractivity contribution in [3.8, 4) is 0 Å². The third kappa shape index (κ3) is 5.11. The number of hydrogen-bond acceptors (Lipinski definition) is 4. The molecule has 3 aromatic rings. The zero-order valence-corrected chi connectivity index (χ0v) is 24.2. The number of fused-ring (bicyclic) bond motifs is 2. The minimum Gasteiger partial charge on any atom is -0.360 e. The molecule has 1 aliphatic carbocycles. The maximum Gasteiger partial charge on any atom is 0.254 e. The first-order valence-corrected chi connectivity index (χ1v) is 15.0. The number of carbonyl (C=O) groups excluding carboxylic acids is 3. The minimum absolute atomic E-state index is 0.0573. The third-order valence-corrected chi connectivity index (χ3v) is 9.27. The van der Waals surface area contributed by atoms with Gasteiger partial charge < -0.3 is 25.4 Å². The van der Waals surface area contributed by atoms with Crippen molar-refractivity contribution in [2.24, 2.45) is 5.92 Å². The second kappa shape index (κ2) is 11.7. The first-order chi connectivity index (χ1) is 20.4. The first kappa shape index (κ1) is 28.2. The largest absolute Gasteiger partial charge is 0.360 e. The molecule has 8 nitrogen and oxygen atoms in total. The van der Waals surface area contributed by atoms with Crippen LogP contribution in [0.1, 0.15) is 61.4 Å². The number of likely N-dealkylation sites (tertiary alicyclic amines) is 1. The van der Waals surface area contributed by atoms with Crippen molar-refractivity contribution >= 4 is 34.2 Å². The molecule has 42 heavy (non-hydrogen) atoms. The highest BCUT2D eigenvalue weighted by molar-refractivity contribution is 6.01. The summed E-state index contributed by atoms with van der Waals surface area (Å²) in [4.78, 5) is 48.2. The van der Waals surface area contributed by atoms with Crippen molar-refractivity contribution in [2.45, 2.75) is 63.6 Å². The average molecular weight is 572 g/mol. The molecule has 3 heterocycles. The van der Waals surface area contributed by atoms with E-state index >= 15 is 0 Å². The van der Waals surface area contributed by atoms with Crippen LogP contribution in [0.25, 0.3) is 16.5 Å². The summed E-state index contributed by atoms with van der Waals surface area (Å²) in [5.41, 5.74) is 3.80. The van der Waals surface area contributed by atoms with Crippen molar-refractivity contribution in [3.05, 3.63) is 77.4 Å². The van der Waals surface area contributed by atoms with Crippen molar-refractivity contribution in [1.82, 2.24) is 25.4 Å². The Morgan fingerprint density at radius 1 is 1.02 bits per heavy atom. The zero-order valence-electron chi connectivity index (χ0n) is 24.2. The number of halogens is 1. The molecule has 1 saturated carbocycles. The SMILES string of the molecule is CNC(C)C(=O)NC(C(=O)N1CCC2C1=C(c1c[nH]c3cc(F)ccc13)CN2C(=O)c1ccccc1)C1CCCCC1. The van der Waals surface area contributed by atoms with Crippen molar-refractivity contribution in [1.29, 1.82) is 0 Å². The molecule has 2 aromatic carbocycles. The van der Waals surface area contributed by atoms with Crippen LogP contribution in [0.4, 0.5) is 4.39 Å². The molecule has 220 valence electrons. The van der Waals surface area contributed by atoms with E-state index in [4.69, 9.17) is 0 Å². The number of rotatable bonds is 7. The molecule has 0 bridgehead atoms. The van der Waals surface area contributed by atoms with E-state index in [2.05, 4.69) is 15.6 Å². The van der Waals surface area contributed by atoms with Crippen LogP contribution in [0.3, 0.4) is 0 Å². The van der Waals surface area contributed by atoms with Gasteiger partial charge in [0.05, 0.1) is 12.1 Å². The Morgan fingerprint density at radius 2 is 1.79 bits per heavy atom. The molecule has 0 spiro atoms. The van der Waals surface area contributed by atoms with Gasteiger partial charge in [-0.2, -0.15) is 0 Å². The molecule has 0 radical (unpaired) electrons. The van der Waals surface area contributed by atoms with Gasteiger partial charge in [0.15, 0.2) is 0 Å². The molecular formula is C33H38FN5O3. The van der Waals surface area contributed by atoms with E-state index < -0.39 is 12.1 Å². The molecule has 3 atom stereocenters. The summed E-state index contributed by atoms with van der Waals surface area (Å²) >= 11 is 0. The van der Waals surface area contributed by atoms with Crippen LogP contribution in [-0.4, -0.2) is 70.8 Å². The van der Waals surface area contributed by atoms with E-state index in [0.29, 0.717) is 30.6 Å². The normalized spacial score (nSPS) is 20.6. The lowest BCUT2D eigenvalue weighted by Gasteiger charge is -2.34. The van der Waals surface area contributed by atoms with Crippen LogP contribution >= 0.6 is 0 Å². The van der Waals surface area contributed by atoms with Crippen molar-refractivity contribution in [2.75, 3.05) is 20.1 Å². The quantitative estimate of drug-likeness (QED) is 0.391. The van der Waals surface area contributed by atoms with Gasteiger partial charge in [-0.25, -0.2) is 4.39 Å². The fraction of sp³-hybridized carbons (Fsp3) is 0.424. The predicted molar refractivity (Wildman–Crippen MR) is 160 cm³/mol. The summed E-state index contributed by atoms with van der Waals surface area (Å²) in [5, 5.41) is 6.91. The smallest absolute Gasteiger partial charge is 0.254 e. The van der Waals surface area contributed by atoms with E-state index in [0.717, 1.165) is 54.3 Å². The van der Waals surface area contributed by atoms with Crippen molar-refractivity contribution in [3.63, 3.8) is 0 Å². The van der Waals surface area contributed by atoms with Crippen LogP contribution in [0.15, 0.2) is 60.4 Å². The second-order valence-electron chi connectivity index (χ2n) is 11.7. The van der Waals surface area contributed by atoms with Gasteiger partial charge in [0.25, 0.3) is 5.91 Å². The number of benzene rings is 2. The maximum absolute atomic E-state index is 14.5. The molecular weight excluding hydrogens is 533 g/mol. The molecule has 6 rings (SSSR count). The summed E-state index contributed by atoms with van der Waals surface area (Å²) in [7, 11) is 1.73. The van der Waals surface area contributed by atoms with E-state index in [1.807, 2.05) is 46.3 Å². The lowest BCUT2D eigenvalue weighted by molar-refractivity contribution is -0.136. The average Bonchev–Trinajstić information content (AvgIpc) is 3.74.